The van der Waals surface area contributed by atoms with Crippen LogP contribution < -0.4 is 10.6 Å². The van der Waals surface area contributed by atoms with Gasteiger partial charge in [-0.05, 0) is 29.6 Å². The second-order valence-electron chi connectivity index (χ2n) is 6.94. The molecule has 0 fully saturated rings. The molecular formula is C23H20N4OS. The first-order valence-corrected chi connectivity index (χ1v) is 10.2. The van der Waals surface area contributed by atoms with Crippen LogP contribution in [0.5, 0.6) is 0 Å². The molecule has 6 heteroatoms. The maximum Gasteiger partial charge on any atom is 0.181 e. The first-order chi connectivity index (χ1) is 14.1. The fourth-order valence-corrected chi connectivity index (χ4v) is 4.35. The number of likely N-dealkylation sites (N-methyl/N-ethyl adjacent to an activating group) is 1. The average Bonchev–Trinajstić information content (AvgIpc) is 3.25. The predicted molar refractivity (Wildman–Crippen MR) is 117 cm³/mol. The number of carbonyl (C=O) groups is 1. The first kappa shape index (κ1) is 19.1. The lowest BCUT2D eigenvalue weighted by Gasteiger charge is -2.32. The van der Waals surface area contributed by atoms with Gasteiger partial charge in [0.1, 0.15) is 0 Å². The number of rotatable bonds is 4. The third-order valence-electron chi connectivity index (χ3n) is 5.24. The van der Waals surface area contributed by atoms with Crippen molar-refractivity contribution in [1.82, 2.24) is 0 Å². The van der Waals surface area contributed by atoms with Gasteiger partial charge in [0, 0.05) is 23.9 Å². The minimum Gasteiger partial charge on any atom is -0.367 e. The average molecular weight is 401 g/mol. The van der Waals surface area contributed by atoms with Crippen LogP contribution >= 0.6 is 11.3 Å². The lowest BCUT2D eigenvalue weighted by atomic mass is 9.96. The highest BCUT2D eigenvalue weighted by atomic mass is 32.1. The van der Waals surface area contributed by atoms with E-state index < -0.39 is 6.04 Å². The Hall–Kier alpha value is -3.27. The number of nitrogens with two attached hydrogens (primary N) is 1. The van der Waals surface area contributed by atoms with Gasteiger partial charge >= 0.3 is 0 Å². The van der Waals surface area contributed by atoms with Gasteiger partial charge in [-0.1, -0.05) is 36.4 Å². The molecule has 29 heavy (non-hydrogen) atoms. The minimum absolute atomic E-state index is 0.154. The summed E-state index contributed by atoms with van der Waals surface area (Å²) in [4.78, 5) is 21.1. The standard InChI is InChI=1S/C23H20N4OS/c1-27-18-6-3-2-5-17(18)22(20-7-4-12-29-20)26-14-19(27)21(25)23(28)16-10-8-15(13-24)9-11-16/h2-12,19,21H,14,25H2,1H3. The van der Waals surface area contributed by atoms with E-state index >= 15 is 0 Å². The molecule has 3 aromatic rings. The largest absolute Gasteiger partial charge is 0.367 e. The van der Waals surface area contributed by atoms with Gasteiger partial charge in [-0.25, -0.2) is 0 Å². The van der Waals surface area contributed by atoms with Crippen LogP contribution in [0.1, 0.15) is 26.4 Å². The third-order valence-corrected chi connectivity index (χ3v) is 6.12. The molecule has 1 aliphatic rings. The molecule has 0 bridgehead atoms. The maximum absolute atomic E-state index is 13.0. The van der Waals surface area contributed by atoms with E-state index in [0.29, 0.717) is 17.7 Å². The summed E-state index contributed by atoms with van der Waals surface area (Å²) < 4.78 is 0. The van der Waals surface area contributed by atoms with Gasteiger partial charge in [0.25, 0.3) is 0 Å². The van der Waals surface area contributed by atoms with E-state index in [1.54, 1.807) is 35.6 Å². The number of benzodiazepines with no additional fused rings is 1. The van der Waals surface area contributed by atoms with Crippen molar-refractivity contribution in [1.29, 1.82) is 5.26 Å². The second-order valence-corrected chi connectivity index (χ2v) is 7.89. The third kappa shape index (κ3) is 3.58. The van der Waals surface area contributed by atoms with Gasteiger partial charge in [-0.2, -0.15) is 5.26 Å². The van der Waals surface area contributed by atoms with Crippen molar-refractivity contribution in [2.45, 2.75) is 12.1 Å². The van der Waals surface area contributed by atoms with E-state index in [1.165, 1.54) is 0 Å². The summed E-state index contributed by atoms with van der Waals surface area (Å²) in [5.41, 5.74) is 10.4. The van der Waals surface area contributed by atoms with E-state index in [1.807, 2.05) is 36.7 Å². The highest BCUT2D eigenvalue weighted by Crippen LogP contribution is 2.30. The summed E-state index contributed by atoms with van der Waals surface area (Å²) in [7, 11) is 1.96. The zero-order valence-corrected chi connectivity index (χ0v) is 16.8. The fourth-order valence-electron chi connectivity index (χ4n) is 3.61. The highest BCUT2D eigenvalue weighted by molar-refractivity contribution is 7.12. The molecule has 144 valence electrons. The number of para-hydroxylation sites is 1. The SMILES string of the molecule is CN1c2ccccc2C(c2cccs2)=NCC1C(N)C(=O)c1ccc(C#N)cc1. The topological polar surface area (TPSA) is 82.5 Å². The Morgan fingerprint density at radius 1 is 1.21 bits per heavy atom. The molecule has 2 N–H and O–H groups in total. The highest BCUT2D eigenvalue weighted by Gasteiger charge is 2.32. The minimum atomic E-state index is -0.743. The van der Waals surface area contributed by atoms with Crippen LogP contribution in [0.4, 0.5) is 5.69 Å². The molecule has 0 radical (unpaired) electrons. The molecule has 2 aromatic carbocycles. The molecule has 2 unspecified atom stereocenters. The molecule has 0 saturated carbocycles. The Labute approximate surface area is 173 Å². The van der Waals surface area contributed by atoms with E-state index in [9.17, 15) is 4.79 Å². The number of ketones is 1. The van der Waals surface area contributed by atoms with Crippen LogP contribution in [-0.4, -0.2) is 37.2 Å². The van der Waals surface area contributed by atoms with E-state index in [0.717, 1.165) is 21.8 Å². The lowest BCUT2D eigenvalue weighted by Crippen LogP contribution is -2.52. The predicted octanol–water partition coefficient (Wildman–Crippen LogP) is 3.49. The number of carbonyl (C=O) groups excluding carboxylic acids is 1. The Morgan fingerprint density at radius 2 is 1.97 bits per heavy atom. The maximum atomic E-state index is 13.0. The second kappa shape index (κ2) is 8.00. The van der Waals surface area contributed by atoms with Gasteiger partial charge < -0.3 is 10.6 Å². The number of benzene rings is 2. The molecule has 5 nitrogen and oxygen atoms in total. The number of fused-ring (bicyclic) bond motifs is 1. The molecular weight excluding hydrogens is 380 g/mol. The van der Waals surface area contributed by atoms with Gasteiger partial charge in [0.15, 0.2) is 5.78 Å². The lowest BCUT2D eigenvalue weighted by molar-refractivity contribution is 0.0949. The van der Waals surface area contributed by atoms with Gasteiger partial charge in [-0.3, -0.25) is 9.79 Å². The van der Waals surface area contributed by atoms with Crippen molar-refractivity contribution < 1.29 is 4.79 Å². The van der Waals surface area contributed by atoms with Crippen molar-refractivity contribution in [3.05, 3.63) is 87.6 Å². The fraction of sp³-hybridized carbons (Fsp3) is 0.174. The number of anilines is 1. The van der Waals surface area contributed by atoms with Crippen molar-refractivity contribution in [2.24, 2.45) is 10.7 Å². The summed E-state index contributed by atoms with van der Waals surface area (Å²) in [5.74, 6) is -0.154. The Balaban J connectivity index is 1.69. The summed E-state index contributed by atoms with van der Waals surface area (Å²) in [6.45, 7) is 0.418. The van der Waals surface area contributed by atoms with Gasteiger partial charge in [0.2, 0.25) is 0 Å². The Kier molecular flexibility index (Phi) is 5.26. The molecule has 1 aliphatic heterocycles. The molecule has 0 spiro atoms. The van der Waals surface area contributed by atoms with E-state index in [2.05, 4.69) is 23.1 Å². The number of thiophene rings is 1. The van der Waals surface area contributed by atoms with E-state index in [4.69, 9.17) is 16.0 Å². The van der Waals surface area contributed by atoms with Crippen molar-refractivity contribution >= 4 is 28.5 Å². The smallest absolute Gasteiger partial charge is 0.181 e. The quantitative estimate of drug-likeness (QED) is 0.680. The molecule has 1 aromatic heterocycles. The molecule has 4 rings (SSSR count). The number of hydrogen-bond donors (Lipinski definition) is 1. The van der Waals surface area contributed by atoms with Crippen molar-refractivity contribution in [2.75, 3.05) is 18.5 Å². The summed E-state index contributed by atoms with van der Waals surface area (Å²) in [6.07, 6.45) is 0. The number of nitrogens with zero attached hydrogens (tertiary/aromatic N) is 3. The van der Waals surface area contributed by atoms with Crippen LogP contribution in [0.2, 0.25) is 0 Å². The monoisotopic (exact) mass is 400 g/mol. The van der Waals surface area contributed by atoms with Crippen LogP contribution in [0.25, 0.3) is 0 Å². The van der Waals surface area contributed by atoms with Crippen LogP contribution in [0.15, 0.2) is 71.0 Å². The van der Waals surface area contributed by atoms with Gasteiger partial charge in [-0.15, -0.1) is 11.3 Å². The summed E-state index contributed by atoms with van der Waals surface area (Å²) in [5, 5.41) is 11.0. The molecule has 2 heterocycles. The summed E-state index contributed by atoms with van der Waals surface area (Å²) >= 11 is 1.65. The number of hydrogen-bond acceptors (Lipinski definition) is 6. The normalized spacial score (nSPS) is 16.9. The van der Waals surface area contributed by atoms with Crippen molar-refractivity contribution in [3.63, 3.8) is 0 Å². The zero-order chi connectivity index (χ0) is 20.4. The summed E-state index contributed by atoms with van der Waals surface area (Å²) in [6, 6.07) is 19.8. The Morgan fingerprint density at radius 3 is 2.66 bits per heavy atom. The van der Waals surface area contributed by atoms with Gasteiger partial charge in [0.05, 0.1) is 40.8 Å². The first-order valence-electron chi connectivity index (χ1n) is 9.30. The number of Topliss-reactive ketones (excluding diaryl/α,β-unsaturated/α-hetero) is 1. The molecule has 0 amide bonds. The van der Waals surface area contributed by atoms with E-state index in [-0.39, 0.29) is 11.8 Å². The number of aliphatic imine (C=N–C) groups is 1. The molecule has 0 aliphatic carbocycles. The number of nitriles is 1. The molecule has 0 saturated heterocycles. The zero-order valence-electron chi connectivity index (χ0n) is 15.9. The van der Waals surface area contributed by atoms with Crippen LogP contribution in [0, 0.1) is 11.3 Å². The van der Waals surface area contributed by atoms with Crippen LogP contribution in [-0.2, 0) is 0 Å². The molecule has 2 atom stereocenters. The Bertz CT molecular complexity index is 1100. The van der Waals surface area contributed by atoms with Crippen molar-refractivity contribution in [3.8, 4) is 6.07 Å². The van der Waals surface area contributed by atoms with Crippen LogP contribution in [0.3, 0.4) is 0 Å².